The van der Waals surface area contributed by atoms with Gasteiger partial charge >= 0.3 is 0 Å². The van der Waals surface area contributed by atoms with E-state index < -0.39 is 0 Å². The van der Waals surface area contributed by atoms with Gasteiger partial charge in [0, 0.05) is 52.4 Å². The summed E-state index contributed by atoms with van der Waals surface area (Å²) in [6.45, 7) is 11.5. The van der Waals surface area contributed by atoms with E-state index in [4.69, 9.17) is 9.72 Å². The largest absolute Gasteiger partial charge is 0.378 e. The maximum absolute atomic E-state index is 12.5. The molecule has 3 fully saturated rings. The third-order valence-corrected chi connectivity index (χ3v) is 6.25. The highest BCUT2D eigenvalue weighted by Crippen LogP contribution is 2.24. The van der Waals surface area contributed by atoms with E-state index in [-0.39, 0.29) is 5.91 Å². The molecule has 7 nitrogen and oxygen atoms in total. The third-order valence-electron chi connectivity index (χ3n) is 6.25. The fraction of sp³-hybridized carbons (Fsp3) is 0.714. The third kappa shape index (κ3) is 4.75. The molecule has 7 heteroatoms. The first-order chi connectivity index (χ1) is 13.7. The van der Waals surface area contributed by atoms with E-state index in [1.807, 2.05) is 4.90 Å². The number of carbonyl (C=O) groups excluding carboxylic acids is 1. The number of piperidine rings is 1. The Morgan fingerprint density at radius 2 is 1.57 bits per heavy atom. The molecule has 0 aliphatic carbocycles. The minimum Gasteiger partial charge on any atom is -0.378 e. The van der Waals surface area contributed by atoms with Gasteiger partial charge in [-0.3, -0.25) is 9.69 Å². The van der Waals surface area contributed by atoms with Crippen LogP contribution in [0.3, 0.4) is 0 Å². The molecule has 1 aromatic rings. The van der Waals surface area contributed by atoms with Crippen molar-refractivity contribution >= 4 is 17.5 Å². The van der Waals surface area contributed by atoms with Crippen LogP contribution in [-0.4, -0.2) is 92.8 Å². The summed E-state index contributed by atoms with van der Waals surface area (Å²) in [6, 6.07) is 6.38. The number of pyridine rings is 1. The lowest BCUT2D eigenvalue weighted by Gasteiger charge is -2.37. The smallest absolute Gasteiger partial charge is 0.236 e. The van der Waals surface area contributed by atoms with Crippen molar-refractivity contribution in [2.24, 2.45) is 5.92 Å². The van der Waals surface area contributed by atoms with Crippen molar-refractivity contribution in [2.75, 3.05) is 81.9 Å². The number of hydrogen-bond donors (Lipinski definition) is 0. The highest BCUT2D eigenvalue weighted by molar-refractivity contribution is 5.78. The van der Waals surface area contributed by atoms with Crippen LogP contribution in [0, 0.1) is 5.92 Å². The summed E-state index contributed by atoms with van der Waals surface area (Å²) in [7, 11) is 0. The first-order valence-corrected chi connectivity index (χ1v) is 10.7. The molecule has 3 aliphatic rings. The molecule has 28 heavy (non-hydrogen) atoms. The number of nitrogens with zero attached hydrogens (tertiary/aromatic N) is 5. The summed E-state index contributed by atoms with van der Waals surface area (Å²) in [5.74, 6) is 3.23. The quantitative estimate of drug-likeness (QED) is 0.776. The van der Waals surface area contributed by atoms with Gasteiger partial charge in [0.15, 0.2) is 0 Å². The number of carbonyl (C=O) groups is 1. The molecule has 154 valence electrons. The van der Waals surface area contributed by atoms with Crippen LogP contribution in [0.25, 0.3) is 0 Å². The lowest BCUT2D eigenvalue weighted by atomic mass is 9.99. The van der Waals surface area contributed by atoms with Gasteiger partial charge < -0.3 is 19.4 Å². The predicted molar refractivity (Wildman–Crippen MR) is 111 cm³/mol. The van der Waals surface area contributed by atoms with Crippen LogP contribution in [0.4, 0.5) is 11.6 Å². The number of ether oxygens (including phenoxy) is 1. The standard InChI is InChI=1S/C21H33N5O2/c1-18-5-7-24(8-6-18)19-3-2-4-20(22-19)25-11-9-23(10-12-25)17-21(27)26-13-15-28-16-14-26/h2-4,18H,5-17H2,1H3. The van der Waals surface area contributed by atoms with E-state index in [2.05, 4.69) is 39.8 Å². The maximum atomic E-state index is 12.5. The highest BCUT2D eigenvalue weighted by atomic mass is 16.5. The monoisotopic (exact) mass is 387 g/mol. The van der Waals surface area contributed by atoms with Gasteiger partial charge in [0.25, 0.3) is 0 Å². The molecule has 3 aliphatic heterocycles. The zero-order valence-electron chi connectivity index (χ0n) is 17.1. The molecule has 0 spiro atoms. The van der Waals surface area contributed by atoms with E-state index in [1.54, 1.807) is 0 Å². The van der Waals surface area contributed by atoms with Crippen LogP contribution in [-0.2, 0) is 9.53 Å². The molecule has 0 aromatic carbocycles. The Kier molecular flexibility index (Phi) is 6.32. The molecule has 1 amide bonds. The number of rotatable bonds is 4. The molecule has 0 radical (unpaired) electrons. The molecule has 0 unspecified atom stereocenters. The van der Waals surface area contributed by atoms with Crippen LogP contribution in [0.5, 0.6) is 0 Å². The van der Waals surface area contributed by atoms with Crippen molar-refractivity contribution < 1.29 is 9.53 Å². The highest BCUT2D eigenvalue weighted by Gasteiger charge is 2.24. The molecular formula is C21H33N5O2. The molecule has 0 N–H and O–H groups in total. The van der Waals surface area contributed by atoms with Crippen LogP contribution in [0.15, 0.2) is 18.2 Å². The Morgan fingerprint density at radius 1 is 0.964 bits per heavy atom. The van der Waals surface area contributed by atoms with Gasteiger partial charge in [-0.05, 0) is 30.9 Å². The van der Waals surface area contributed by atoms with E-state index in [1.165, 1.54) is 12.8 Å². The SMILES string of the molecule is CC1CCN(c2cccc(N3CCN(CC(=O)N4CCOCC4)CC3)n2)CC1. The lowest BCUT2D eigenvalue weighted by Crippen LogP contribution is -2.51. The van der Waals surface area contributed by atoms with Crippen molar-refractivity contribution in [3.05, 3.63) is 18.2 Å². The summed E-state index contributed by atoms with van der Waals surface area (Å²) in [6.07, 6.45) is 2.50. The van der Waals surface area contributed by atoms with Crippen LogP contribution < -0.4 is 9.80 Å². The fourth-order valence-corrected chi connectivity index (χ4v) is 4.24. The first-order valence-electron chi connectivity index (χ1n) is 10.7. The average molecular weight is 388 g/mol. The van der Waals surface area contributed by atoms with Crippen molar-refractivity contribution in [3.8, 4) is 0 Å². The van der Waals surface area contributed by atoms with Gasteiger partial charge in [0.05, 0.1) is 19.8 Å². The van der Waals surface area contributed by atoms with E-state index in [0.29, 0.717) is 19.8 Å². The molecule has 0 atom stereocenters. The molecule has 0 bridgehead atoms. The molecule has 1 aromatic heterocycles. The molecule has 4 heterocycles. The second kappa shape index (κ2) is 9.09. The second-order valence-corrected chi connectivity index (χ2v) is 8.28. The van der Waals surface area contributed by atoms with Gasteiger partial charge in [-0.2, -0.15) is 0 Å². The van der Waals surface area contributed by atoms with Crippen LogP contribution in [0.2, 0.25) is 0 Å². The van der Waals surface area contributed by atoms with Crippen LogP contribution >= 0.6 is 0 Å². The summed E-state index contributed by atoms with van der Waals surface area (Å²) in [5.41, 5.74) is 0. The normalized spacial score (nSPS) is 22.5. The van der Waals surface area contributed by atoms with Gasteiger partial charge in [-0.15, -0.1) is 0 Å². The number of anilines is 2. The topological polar surface area (TPSA) is 52.2 Å². The van der Waals surface area contributed by atoms with Crippen molar-refractivity contribution in [3.63, 3.8) is 0 Å². The Labute approximate surface area is 168 Å². The Balaban J connectivity index is 1.29. The van der Waals surface area contributed by atoms with Crippen LogP contribution in [0.1, 0.15) is 19.8 Å². The van der Waals surface area contributed by atoms with Gasteiger partial charge in [-0.1, -0.05) is 13.0 Å². The number of hydrogen-bond acceptors (Lipinski definition) is 6. The Bertz CT molecular complexity index is 648. The Hall–Kier alpha value is -1.86. The number of piperazine rings is 1. The van der Waals surface area contributed by atoms with Crippen molar-refractivity contribution in [2.45, 2.75) is 19.8 Å². The molecule has 3 saturated heterocycles. The minimum atomic E-state index is 0.233. The average Bonchev–Trinajstić information content (AvgIpc) is 2.75. The van der Waals surface area contributed by atoms with E-state index in [9.17, 15) is 4.79 Å². The summed E-state index contributed by atoms with van der Waals surface area (Å²) < 4.78 is 5.34. The number of aromatic nitrogens is 1. The first kappa shape index (κ1) is 19.5. The van der Waals surface area contributed by atoms with E-state index in [0.717, 1.165) is 69.9 Å². The fourth-order valence-electron chi connectivity index (χ4n) is 4.24. The Morgan fingerprint density at radius 3 is 2.21 bits per heavy atom. The zero-order chi connectivity index (χ0) is 19.3. The zero-order valence-corrected chi connectivity index (χ0v) is 17.1. The molecule has 4 rings (SSSR count). The van der Waals surface area contributed by atoms with Gasteiger partial charge in [-0.25, -0.2) is 4.98 Å². The van der Waals surface area contributed by atoms with Crippen molar-refractivity contribution in [1.29, 1.82) is 0 Å². The minimum absolute atomic E-state index is 0.233. The number of amides is 1. The van der Waals surface area contributed by atoms with Crippen molar-refractivity contribution in [1.82, 2.24) is 14.8 Å². The summed E-state index contributed by atoms with van der Waals surface area (Å²) in [4.78, 5) is 26.4. The number of morpholine rings is 1. The van der Waals surface area contributed by atoms with Gasteiger partial charge in [0.1, 0.15) is 11.6 Å². The predicted octanol–water partition coefficient (Wildman–Crippen LogP) is 1.30. The molecular weight excluding hydrogens is 354 g/mol. The second-order valence-electron chi connectivity index (χ2n) is 8.28. The lowest BCUT2D eigenvalue weighted by molar-refractivity contribution is -0.136. The van der Waals surface area contributed by atoms with Gasteiger partial charge in [0.2, 0.25) is 5.91 Å². The summed E-state index contributed by atoms with van der Waals surface area (Å²) >= 11 is 0. The summed E-state index contributed by atoms with van der Waals surface area (Å²) in [5, 5.41) is 0. The maximum Gasteiger partial charge on any atom is 0.236 e. The molecule has 0 saturated carbocycles. The van der Waals surface area contributed by atoms with E-state index >= 15 is 0 Å².